The predicted molar refractivity (Wildman–Crippen MR) is 130 cm³/mol. The van der Waals surface area contributed by atoms with E-state index in [4.69, 9.17) is 0 Å². The summed E-state index contributed by atoms with van der Waals surface area (Å²) in [7, 11) is 1.68. The van der Waals surface area contributed by atoms with Gasteiger partial charge in [-0.3, -0.25) is 9.89 Å². The zero-order valence-electron chi connectivity index (χ0n) is 17.5. The van der Waals surface area contributed by atoms with E-state index in [9.17, 15) is 13.2 Å². The van der Waals surface area contributed by atoms with Crippen LogP contribution in [0.25, 0.3) is 0 Å². The minimum Gasteiger partial charge on any atom is -0.356 e. The summed E-state index contributed by atoms with van der Waals surface area (Å²) in [5.74, 6) is 0.621. The molecule has 2 heterocycles. The summed E-state index contributed by atoms with van der Waals surface area (Å²) >= 11 is 1.03. The van der Waals surface area contributed by atoms with Gasteiger partial charge >= 0.3 is 6.18 Å². The molecule has 5 nitrogen and oxygen atoms in total. The minimum absolute atomic E-state index is 0. The Hall–Kier alpha value is -1.40. The van der Waals surface area contributed by atoms with Crippen LogP contribution < -0.4 is 10.6 Å². The lowest BCUT2D eigenvalue weighted by Crippen LogP contribution is -2.38. The molecule has 1 fully saturated rings. The summed E-state index contributed by atoms with van der Waals surface area (Å²) in [6.07, 6.45) is -0.129. The summed E-state index contributed by atoms with van der Waals surface area (Å²) in [5.41, 5.74) is 1.71. The number of likely N-dealkylation sites (tertiary alicyclic amines) is 1. The molecule has 1 aromatic carbocycles. The first-order chi connectivity index (χ1) is 14.5. The van der Waals surface area contributed by atoms with Gasteiger partial charge in [-0.05, 0) is 37.1 Å². The molecule has 2 aromatic rings. The van der Waals surface area contributed by atoms with Crippen LogP contribution in [0.3, 0.4) is 0 Å². The Kier molecular flexibility index (Phi) is 10.5. The van der Waals surface area contributed by atoms with Crippen molar-refractivity contribution in [2.24, 2.45) is 4.99 Å². The number of benzene rings is 1. The van der Waals surface area contributed by atoms with Crippen molar-refractivity contribution in [3.63, 3.8) is 0 Å². The quantitative estimate of drug-likeness (QED) is 0.290. The van der Waals surface area contributed by atoms with E-state index >= 15 is 0 Å². The van der Waals surface area contributed by atoms with Crippen molar-refractivity contribution >= 4 is 41.3 Å². The molecule has 172 valence electrons. The van der Waals surface area contributed by atoms with Crippen molar-refractivity contribution in [2.45, 2.75) is 44.9 Å². The molecule has 3 rings (SSSR count). The van der Waals surface area contributed by atoms with Gasteiger partial charge in [0.25, 0.3) is 0 Å². The Balaban J connectivity index is 0.00000341. The van der Waals surface area contributed by atoms with Gasteiger partial charge in [-0.1, -0.05) is 30.7 Å². The highest BCUT2D eigenvalue weighted by atomic mass is 127. The second-order valence-corrected chi connectivity index (χ2v) is 8.27. The fourth-order valence-corrected chi connectivity index (χ4v) is 4.29. The van der Waals surface area contributed by atoms with Crippen LogP contribution in [0.5, 0.6) is 0 Å². The molecular weight excluding hydrogens is 538 g/mol. The second-order valence-electron chi connectivity index (χ2n) is 7.33. The third-order valence-corrected chi connectivity index (χ3v) is 6.01. The smallest absolute Gasteiger partial charge is 0.356 e. The van der Waals surface area contributed by atoms with Gasteiger partial charge < -0.3 is 10.6 Å². The van der Waals surface area contributed by atoms with E-state index in [2.05, 4.69) is 43.7 Å². The largest absolute Gasteiger partial charge is 0.434 e. The van der Waals surface area contributed by atoms with Gasteiger partial charge in [-0.25, -0.2) is 4.98 Å². The molecule has 31 heavy (non-hydrogen) atoms. The van der Waals surface area contributed by atoms with Crippen molar-refractivity contribution in [3.8, 4) is 0 Å². The Labute approximate surface area is 202 Å². The maximum atomic E-state index is 12.6. The van der Waals surface area contributed by atoms with Crippen LogP contribution in [0.15, 0.2) is 34.6 Å². The lowest BCUT2D eigenvalue weighted by Gasteiger charge is -2.27. The highest BCUT2D eigenvalue weighted by Crippen LogP contribution is 2.30. The van der Waals surface area contributed by atoms with Crippen molar-refractivity contribution in [3.05, 3.63) is 51.5 Å². The first-order valence-corrected chi connectivity index (χ1v) is 11.1. The number of hydrogen-bond donors (Lipinski definition) is 2. The number of thiazole rings is 1. The monoisotopic (exact) mass is 567 g/mol. The molecular formula is C21H29F3IN5S. The molecule has 1 aliphatic heterocycles. The summed E-state index contributed by atoms with van der Waals surface area (Å²) < 4.78 is 37.9. The van der Waals surface area contributed by atoms with E-state index in [-0.39, 0.29) is 24.0 Å². The molecule has 10 heteroatoms. The summed E-state index contributed by atoms with van der Waals surface area (Å²) in [4.78, 5) is 10.4. The number of nitrogens with one attached hydrogen (secondary N) is 2. The molecule has 1 aliphatic rings. The maximum Gasteiger partial charge on any atom is 0.434 e. The van der Waals surface area contributed by atoms with E-state index in [1.807, 2.05) is 6.07 Å². The minimum atomic E-state index is -4.39. The Morgan fingerprint density at radius 3 is 2.48 bits per heavy atom. The van der Waals surface area contributed by atoms with E-state index in [0.29, 0.717) is 30.5 Å². The molecule has 1 aromatic heterocycles. The highest BCUT2D eigenvalue weighted by Gasteiger charge is 2.33. The van der Waals surface area contributed by atoms with Gasteiger partial charge in [-0.15, -0.1) is 35.3 Å². The zero-order chi connectivity index (χ0) is 21.4. The second kappa shape index (κ2) is 12.6. The molecule has 0 bridgehead atoms. The van der Waals surface area contributed by atoms with Crippen molar-refractivity contribution < 1.29 is 13.2 Å². The Bertz CT molecular complexity index is 834. The van der Waals surface area contributed by atoms with Gasteiger partial charge in [0, 0.05) is 38.5 Å². The summed E-state index contributed by atoms with van der Waals surface area (Å²) in [5, 5.41) is 7.97. The van der Waals surface area contributed by atoms with Crippen LogP contribution in [0, 0.1) is 0 Å². The van der Waals surface area contributed by atoms with Gasteiger partial charge in [0.05, 0.1) is 5.01 Å². The molecule has 0 spiro atoms. The van der Waals surface area contributed by atoms with Crippen molar-refractivity contribution in [1.82, 2.24) is 20.5 Å². The Morgan fingerprint density at radius 2 is 1.84 bits per heavy atom. The normalized spacial score (nSPS) is 15.4. The van der Waals surface area contributed by atoms with Crippen LogP contribution in [-0.4, -0.2) is 42.5 Å². The summed E-state index contributed by atoms with van der Waals surface area (Å²) in [6, 6.07) is 8.39. The van der Waals surface area contributed by atoms with E-state index in [0.717, 1.165) is 36.4 Å². The van der Waals surface area contributed by atoms with Gasteiger partial charge in [0.15, 0.2) is 11.7 Å². The fraction of sp³-hybridized carbons (Fsp3) is 0.524. The van der Waals surface area contributed by atoms with Crippen molar-refractivity contribution in [1.29, 1.82) is 0 Å². The van der Waals surface area contributed by atoms with E-state index < -0.39 is 11.9 Å². The number of hydrogen-bond acceptors (Lipinski definition) is 4. The van der Waals surface area contributed by atoms with Gasteiger partial charge in [0.1, 0.15) is 0 Å². The molecule has 0 aliphatic carbocycles. The topological polar surface area (TPSA) is 52.6 Å². The zero-order valence-corrected chi connectivity index (χ0v) is 20.7. The summed E-state index contributed by atoms with van der Waals surface area (Å²) in [6.45, 7) is 4.35. The van der Waals surface area contributed by atoms with Crippen LogP contribution in [0.4, 0.5) is 13.2 Å². The van der Waals surface area contributed by atoms with Gasteiger partial charge in [0.2, 0.25) is 0 Å². The lowest BCUT2D eigenvalue weighted by atomic mass is 10.0. The van der Waals surface area contributed by atoms with Crippen LogP contribution >= 0.6 is 35.3 Å². The number of aromatic nitrogens is 1. The average molecular weight is 567 g/mol. The molecule has 0 unspecified atom stereocenters. The molecule has 0 saturated carbocycles. The molecule has 2 N–H and O–H groups in total. The molecule has 0 radical (unpaired) electrons. The number of halogens is 4. The maximum absolute atomic E-state index is 12.6. The number of piperidine rings is 1. The SMILES string of the molecule is CN=C(NCCc1nc(C(F)(F)F)cs1)NCc1ccccc1CN1CCCCC1.I. The van der Waals surface area contributed by atoms with Crippen LogP contribution in [0.1, 0.15) is 41.1 Å². The third kappa shape index (κ3) is 8.23. The average Bonchev–Trinajstić information content (AvgIpc) is 3.22. The Morgan fingerprint density at radius 1 is 1.13 bits per heavy atom. The number of alkyl halides is 3. The van der Waals surface area contributed by atoms with E-state index in [1.165, 1.54) is 30.4 Å². The molecule has 0 amide bonds. The van der Waals surface area contributed by atoms with Crippen LogP contribution in [0.2, 0.25) is 0 Å². The first-order valence-electron chi connectivity index (χ1n) is 10.2. The standard InChI is InChI=1S/C21H28F3N5S.HI/c1-25-20(26-10-9-19-28-18(15-30-19)21(22,23)24)27-13-16-7-3-4-8-17(16)14-29-11-5-2-6-12-29;/h3-4,7-8,15H,2,5-6,9-14H2,1H3,(H2,25,26,27);1H. The number of aliphatic imine (C=N–C) groups is 1. The van der Waals surface area contributed by atoms with Crippen molar-refractivity contribution in [2.75, 3.05) is 26.7 Å². The predicted octanol–water partition coefficient (Wildman–Crippen LogP) is 4.67. The number of nitrogens with zero attached hydrogens (tertiary/aromatic N) is 3. The molecule has 1 saturated heterocycles. The van der Waals surface area contributed by atoms with E-state index in [1.54, 1.807) is 7.05 Å². The fourth-order valence-electron chi connectivity index (χ4n) is 3.49. The number of guanidine groups is 1. The third-order valence-electron chi connectivity index (χ3n) is 5.10. The van der Waals surface area contributed by atoms with Gasteiger partial charge in [-0.2, -0.15) is 13.2 Å². The first kappa shape index (κ1) is 25.9. The number of rotatable bonds is 7. The lowest BCUT2D eigenvalue weighted by molar-refractivity contribution is -0.140. The molecule has 0 atom stereocenters. The van der Waals surface area contributed by atoms with Crippen LogP contribution in [-0.2, 0) is 25.7 Å². The highest BCUT2D eigenvalue weighted by molar-refractivity contribution is 14.0.